The molecule has 2 N–H and O–H groups in total. The molecule has 2 rings (SSSR count). The van der Waals surface area contributed by atoms with E-state index in [4.69, 9.17) is 0 Å². The van der Waals surface area contributed by atoms with Crippen molar-refractivity contribution in [2.45, 2.75) is 45.6 Å². The number of hydrogen-bond acceptors (Lipinski definition) is 3. The van der Waals surface area contributed by atoms with E-state index in [0.717, 1.165) is 5.56 Å². The molecule has 0 atom stereocenters. The standard InChI is InChI=1S/C16H21N3O2/c1-16(2,3)12-6-4-11(5-7-12)10-17-15(21)13-8-9-14(20)19-18-13/h4-7H,8-10H2,1-3H3,(H,17,21)(H,19,20). The van der Waals surface area contributed by atoms with E-state index in [0.29, 0.717) is 25.1 Å². The minimum atomic E-state index is -0.227. The fourth-order valence-corrected chi connectivity index (χ4v) is 2.04. The smallest absolute Gasteiger partial charge is 0.267 e. The summed E-state index contributed by atoms with van der Waals surface area (Å²) in [6.07, 6.45) is 0.702. The largest absolute Gasteiger partial charge is 0.347 e. The summed E-state index contributed by atoms with van der Waals surface area (Å²) in [5.74, 6) is -0.376. The van der Waals surface area contributed by atoms with Gasteiger partial charge in [-0.2, -0.15) is 5.10 Å². The van der Waals surface area contributed by atoms with E-state index in [9.17, 15) is 9.59 Å². The first kappa shape index (κ1) is 15.2. The third-order valence-electron chi connectivity index (χ3n) is 3.44. The number of amides is 2. The minimum Gasteiger partial charge on any atom is -0.347 e. The van der Waals surface area contributed by atoms with Crippen LogP contribution in [-0.4, -0.2) is 17.5 Å². The molecule has 112 valence electrons. The van der Waals surface area contributed by atoms with Gasteiger partial charge in [-0.05, 0) is 16.5 Å². The Morgan fingerprint density at radius 2 is 1.90 bits per heavy atom. The predicted molar refractivity (Wildman–Crippen MR) is 81.8 cm³/mol. The van der Waals surface area contributed by atoms with Crippen molar-refractivity contribution in [3.8, 4) is 0 Å². The summed E-state index contributed by atoms with van der Waals surface area (Å²) in [5, 5.41) is 6.59. The highest BCUT2D eigenvalue weighted by molar-refractivity contribution is 6.39. The molecule has 0 radical (unpaired) electrons. The highest BCUT2D eigenvalue weighted by Gasteiger charge is 2.18. The lowest BCUT2D eigenvalue weighted by Gasteiger charge is -2.19. The van der Waals surface area contributed by atoms with Gasteiger partial charge in [0.25, 0.3) is 5.91 Å². The molecule has 1 heterocycles. The molecule has 0 bridgehead atoms. The van der Waals surface area contributed by atoms with E-state index >= 15 is 0 Å². The Hall–Kier alpha value is -2.17. The second-order valence-electron chi connectivity index (χ2n) is 6.22. The number of benzene rings is 1. The SMILES string of the molecule is CC(C)(C)c1ccc(CNC(=O)C2=NNC(=O)CC2)cc1. The van der Waals surface area contributed by atoms with Crippen LogP contribution in [0.25, 0.3) is 0 Å². The average Bonchev–Trinajstić information content (AvgIpc) is 2.45. The van der Waals surface area contributed by atoms with E-state index in [1.165, 1.54) is 5.56 Å². The van der Waals surface area contributed by atoms with Crippen LogP contribution in [0.2, 0.25) is 0 Å². The Bertz CT molecular complexity index is 568. The molecule has 0 aliphatic carbocycles. The van der Waals surface area contributed by atoms with Crippen molar-refractivity contribution in [2.75, 3.05) is 0 Å². The Labute approximate surface area is 124 Å². The molecule has 1 aromatic carbocycles. The normalized spacial score (nSPS) is 15.2. The minimum absolute atomic E-state index is 0.122. The topological polar surface area (TPSA) is 70.6 Å². The average molecular weight is 287 g/mol. The fraction of sp³-hybridized carbons (Fsp3) is 0.438. The van der Waals surface area contributed by atoms with Crippen molar-refractivity contribution in [2.24, 2.45) is 5.10 Å². The van der Waals surface area contributed by atoms with Gasteiger partial charge in [0, 0.05) is 19.4 Å². The van der Waals surface area contributed by atoms with E-state index in [2.05, 4.69) is 48.7 Å². The summed E-state index contributed by atoms with van der Waals surface area (Å²) < 4.78 is 0. The molecule has 5 heteroatoms. The fourth-order valence-electron chi connectivity index (χ4n) is 2.04. The molecule has 0 spiro atoms. The second kappa shape index (κ2) is 6.08. The van der Waals surface area contributed by atoms with Gasteiger partial charge in [0.15, 0.2) is 0 Å². The molecule has 21 heavy (non-hydrogen) atoms. The molecule has 0 aromatic heterocycles. The molecular weight excluding hydrogens is 266 g/mol. The highest BCUT2D eigenvalue weighted by Crippen LogP contribution is 2.22. The van der Waals surface area contributed by atoms with E-state index < -0.39 is 0 Å². The maximum atomic E-state index is 11.9. The van der Waals surface area contributed by atoms with E-state index in [1.54, 1.807) is 0 Å². The molecule has 0 fully saturated rings. The number of hydrazone groups is 1. The quantitative estimate of drug-likeness (QED) is 0.891. The van der Waals surface area contributed by atoms with Gasteiger partial charge in [-0.25, -0.2) is 5.43 Å². The Kier molecular flexibility index (Phi) is 4.40. The van der Waals surface area contributed by atoms with Crippen LogP contribution in [0.1, 0.15) is 44.7 Å². The van der Waals surface area contributed by atoms with Gasteiger partial charge in [0.2, 0.25) is 5.91 Å². The van der Waals surface area contributed by atoms with Gasteiger partial charge in [0.1, 0.15) is 5.71 Å². The van der Waals surface area contributed by atoms with Gasteiger partial charge >= 0.3 is 0 Å². The zero-order valence-electron chi connectivity index (χ0n) is 12.7. The zero-order chi connectivity index (χ0) is 15.5. The molecule has 0 saturated carbocycles. The van der Waals surface area contributed by atoms with Crippen molar-refractivity contribution in [3.05, 3.63) is 35.4 Å². The molecule has 2 amide bonds. The number of rotatable bonds is 3. The second-order valence-corrected chi connectivity index (χ2v) is 6.22. The van der Waals surface area contributed by atoms with Crippen LogP contribution in [0.15, 0.2) is 29.4 Å². The van der Waals surface area contributed by atoms with Crippen LogP contribution in [0.3, 0.4) is 0 Å². The third kappa shape index (κ3) is 4.15. The molecule has 5 nitrogen and oxygen atoms in total. The van der Waals surface area contributed by atoms with Crippen molar-refractivity contribution >= 4 is 17.5 Å². The number of hydrogen-bond donors (Lipinski definition) is 2. The highest BCUT2D eigenvalue weighted by atomic mass is 16.2. The lowest BCUT2D eigenvalue weighted by atomic mass is 9.87. The first-order valence-electron chi connectivity index (χ1n) is 7.09. The first-order chi connectivity index (χ1) is 9.86. The number of nitrogens with one attached hydrogen (secondary N) is 2. The molecule has 1 aliphatic heterocycles. The Morgan fingerprint density at radius 3 is 2.43 bits per heavy atom. The Morgan fingerprint density at radius 1 is 1.24 bits per heavy atom. The molecule has 0 saturated heterocycles. The van der Waals surface area contributed by atoms with Crippen molar-refractivity contribution in [1.82, 2.24) is 10.7 Å². The lowest BCUT2D eigenvalue weighted by molar-refractivity contribution is -0.121. The number of carbonyl (C=O) groups is 2. The van der Waals surface area contributed by atoms with Crippen LogP contribution in [0.5, 0.6) is 0 Å². The van der Waals surface area contributed by atoms with Gasteiger partial charge in [-0.3, -0.25) is 9.59 Å². The van der Waals surface area contributed by atoms with Gasteiger partial charge in [-0.1, -0.05) is 45.0 Å². The number of nitrogens with zero attached hydrogens (tertiary/aromatic N) is 1. The predicted octanol–water partition coefficient (Wildman–Crippen LogP) is 1.87. The first-order valence-corrected chi connectivity index (χ1v) is 7.09. The molecular formula is C16H21N3O2. The van der Waals surface area contributed by atoms with Crippen LogP contribution in [0.4, 0.5) is 0 Å². The van der Waals surface area contributed by atoms with Crippen LogP contribution in [-0.2, 0) is 21.5 Å². The van der Waals surface area contributed by atoms with Gasteiger partial charge in [-0.15, -0.1) is 0 Å². The summed E-state index contributed by atoms with van der Waals surface area (Å²) in [7, 11) is 0. The maximum Gasteiger partial charge on any atom is 0.267 e. The van der Waals surface area contributed by atoms with Crippen molar-refractivity contribution in [3.63, 3.8) is 0 Å². The van der Waals surface area contributed by atoms with Gasteiger partial charge in [0.05, 0.1) is 0 Å². The molecule has 1 aliphatic rings. The summed E-state index contributed by atoms with van der Waals surface area (Å²) in [5.41, 5.74) is 5.12. The maximum absolute atomic E-state index is 11.9. The summed E-state index contributed by atoms with van der Waals surface area (Å²) in [4.78, 5) is 22.9. The van der Waals surface area contributed by atoms with Crippen molar-refractivity contribution in [1.29, 1.82) is 0 Å². The van der Waals surface area contributed by atoms with E-state index in [1.807, 2.05) is 12.1 Å². The summed E-state index contributed by atoms with van der Waals surface area (Å²) in [6.45, 7) is 6.95. The lowest BCUT2D eigenvalue weighted by Crippen LogP contribution is -2.36. The zero-order valence-corrected chi connectivity index (χ0v) is 12.7. The van der Waals surface area contributed by atoms with Crippen LogP contribution in [0, 0.1) is 0 Å². The van der Waals surface area contributed by atoms with Crippen LogP contribution >= 0.6 is 0 Å². The Balaban J connectivity index is 1.91. The van der Waals surface area contributed by atoms with E-state index in [-0.39, 0.29) is 17.2 Å². The van der Waals surface area contributed by atoms with Gasteiger partial charge < -0.3 is 5.32 Å². The summed E-state index contributed by atoms with van der Waals surface area (Å²) >= 11 is 0. The third-order valence-corrected chi connectivity index (χ3v) is 3.44. The monoisotopic (exact) mass is 287 g/mol. The van der Waals surface area contributed by atoms with Crippen molar-refractivity contribution < 1.29 is 9.59 Å². The summed E-state index contributed by atoms with van der Waals surface area (Å²) in [6, 6.07) is 8.20. The number of carbonyl (C=O) groups excluding carboxylic acids is 2. The molecule has 0 unspecified atom stereocenters. The molecule has 1 aromatic rings. The van der Waals surface area contributed by atoms with Crippen LogP contribution < -0.4 is 10.7 Å².